The molecule has 0 fully saturated rings. The van der Waals surface area contributed by atoms with Crippen LogP contribution in [0.15, 0.2) is 59.2 Å². The molecular weight excluding hydrogens is 368 g/mol. The number of rotatable bonds is 2. The highest BCUT2D eigenvalue weighted by Gasteiger charge is 2.14. The number of aromatic amines is 1. The number of pyridine rings is 1. The number of fused-ring (bicyclic) bond motifs is 2. The average Bonchev–Trinajstić information content (AvgIpc) is 3.04. The van der Waals surface area contributed by atoms with Gasteiger partial charge in [0.15, 0.2) is 0 Å². The molecule has 2 aromatic heterocycles. The van der Waals surface area contributed by atoms with Gasteiger partial charge in [-0.3, -0.25) is 4.98 Å². The summed E-state index contributed by atoms with van der Waals surface area (Å²) in [4.78, 5) is 19.9. The standard InChI is InChI=1S/C19H13BrN2O2/c1-24-19(23)13-5-3-7-16-15(13)9-17(22-16)14-6-2-4-11-8-12(20)10-21-18(11)14/h2-10,22H,1H3. The molecule has 0 aliphatic carbocycles. The molecule has 5 heteroatoms. The number of benzene rings is 2. The number of esters is 1. The van der Waals surface area contributed by atoms with Crippen LogP contribution in [0.1, 0.15) is 10.4 Å². The molecule has 0 spiro atoms. The summed E-state index contributed by atoms with van der Waals surface area (Å²) in [5.74, 6) is -0.342. The molecule has 2 heterocycles. The molecule has 118 valence electrons. The summed E-state index contributed by atoms with van der Waals surface area (Å²) >= 11 is 3.45. The summed E-state index contributed by atoms with van der Waals surface area (Å²) in [6.07, 6.45) is 1.79. The van der Waals surface area contributed by atoms with Crippen LogP contribution in [-0.4, -0.2) is 23.0 Å². The van der Waals surface area contributed by atoms with Crippen molar-refractivity contribution in [3.8, 4) is 11.3 Å². The Morgan fingerprint density at radius 3 is 2.83 bits per heavy atom. The zero-order chi connectivity index (χ0) is 16.7. The summed E-state index contributed by atoms with van der Waals surface area (Å²) in [6, 6.07) is 15.6. The monoisotopic (exact) mass is 380 g/mol. The summed E-state index contributed by atoms with van der Waals surface area (Å²) in [5.41, 5.74) is 4.26. The molecule has 0 amide bonds. The molecule has 4 nitrogen and oxygen atoms in total. The van der Waals surface area contributed by atoms with Crippen LogP contribution in [0.4, 0.5) is 0 Å². The minimum Gasteiger partial charge on any atom is -0.465 e. The van der Waals surface area contributed by atoms with Crippen LogP contribution in [0.25, 0.3) is 33.1 Å². The van der Waals surface area contributed by atoms with Crippen LogP contribution in [0, 0.1) is 0 Å². The first-order valence-corrected chi connectivity index (χ1v) is 8.21. The normalized spacial score (nSPS) is 11.1. The maximum Gasteiger partial charge on any atom is 0.338 e. The lowest BCUT2D eigenvalue weighted by Crippen LogP contribution is -2.00. The van der Waals surface area contributed by atoms with E-state index in [1.54, 1.807) is 12.3 Å². The molecule has 0 unspecified atom stereocenters. The summed E-state index contributed by atoms with van der Waals surface area (Å²) in [5, 5.41) is 1.89. The van der Waals surface area contributed by atoms with Gasteiger partial charge in [0.2, 0.25) is 0 Å². The fraction of sp³-hybridized carbons (Fsp3) is 0.0526. The molecular formula is C19H13BrN2O2. The highest BCUT2D eigenvalue weighted by Crippen LogP contribution is 2.31. The largest absolute Gasteiger partial charge is 0.465 e. The number of methoxy groups -OCH3 is 1. The number of hydrogen-bond donors (Lipinski definition) is 1. The molecule has 0 radical (unpaired) electrons. The van der Waals surface area contributed by atoms with Crippen molar-refractivity contribution in [3.05, 3.63) is 64.8 Å². The third-order valence-electron chi connectivity index (χ3n) is 4.04. The Balaban J connectivity index is 1.96. The highest BCUT2D eigenvalue weighted by atomic mass is 79.9. The van der Waals surface area contributed by atoms with Crippen LogP contribution in [0.3, 0.4) is 0 Å². The number of halogens is 1. The molecule has 0 bridgehead atoms. The lowest BCUT2D eigenvalue weighted by molar-refractivity contribution is 0.0603. The van der Waals surface area contributed by atoms with Gasteiger partial charge in [-0.2, -0.15) is 0 Å². The number of carbonyl (C=O) groups excluding carboxylic acids is 1. The third-order valence-corrected chi connectivity index (χ3v) is 4.47. The van der Waals surface area contributed by atoms with E-state index in [1.165, 1.54) is 7.11 Å². The minimum atomic E-state index is -0.342. The van der Waals surface area contributed by atoms with Crippen molar-refractivity contribution in [2.75, 3.05) is 7.11 Å². The van der Waals surface area contributed by atoms with Gasteiger partial charge in [-0.15, -0.1) is 0 Å². The summed E-state index contributed by atoms with van der Waals surface area (Å²) in [6.45, 7) is 0. The van der Waals surface area contributed by atoms with E-state index in [1.807, 2.05) is 42.5 Å². The molecule has 4 aromatic rings. The smallest absolute Gasteiger partial charge is 0.338 e. The fourth-order valence-electron chi connectivity index (χ4n) is 2.94. The number of nitrogens with one attached hydrogen (secondary N) is 1. The van der Waals surface area contributed by atoms with Gasteiger partial charge in [0, 0.05) is 38.2 Å². The second-order valence-electron chi connectivity index (χ2n) is 5.47. The Morgan fingerprint density at radius 1 is 1.17 bits per heavy atom. The zero-order valence-corrected chi connectivity index (χ0v) is 14.4. The number of hydrogen-bond acceptors (Lipinski definition) is 3. The van der Waals surface area contributed by atoms with Crippen molar-refractivity contribution in [3.63, 3.8) is 0 Å². The molecule has 2 aromatic carbocycles. The number of aromatic nitrogens is 2. The maximum atomic E-state index is 12.0. The molecule has 0 aliphatic heterocycles. The number of para-hydroxylation sites is 1. The molecule has 0 atom stereocenters. The number of nitrogens with zero attached hydrogens (tertiary/aromatic N) is 1. The second-order valence-corrected chi connectivity index (χ2v) is 6.39. The van der Waals surface area contributed by atoms with E-state index in [-0.39, 0.29) is 5.97 Å². The molecule has 4 rings (SSSR count). The Kier molecular flexibility index (Phi) is 3.58. The second kappa shape index (κ2) is 5.76. The molecule has 0 aliphatic rings. The predicted octanol–water partition coefficient (Wildman–Crippen LogP) is 4.93. The van der Waals surface area contributed by atoms with Gasteiger partial charge in [-0.25, -0.2) is 4.79 Å². The van der Waals surface area contributed by atoms with Gasteiger partial charge in [0.25, 0.3) is 0 Å². The van der Waals surface area contributed by atoms with Crippen LogP contribution in [0.2, 0.25) is 0 Å². The highest BCUT2D eigenvalue weighted by molar-refractivity contribution is 9.10. The van der Waals surface area contributed by atoms with Crippen LogP contribution in [0.5, 0.6) is 0 Å². The number of ether oxygens (including phenoxy) is 1. The van der Waals surface area contributed by atoms with Crippen molar-refractivity contribution < 1.29 is 9.53 Å². The Hall–Kier alpha value is -2.66. The molecule has 1 N–H and O–H groups in total. The van der Waals surface area contributed by atoms with E-state index < -0.39 is 0 Å². The Labute approximate surface area is 146 Å². The van der Waals surface area contributed by atoms with E-state index >= 15 is 0 Å². The molecule has 0 saturated carbocycles. The Bertz CT molecular complexity index is 1090. The van der Waals surface area contributed by atoms with Crippen molar-refractivity contribution in [1.29, 1.82) is 0 Å². The zero-order valence-electron chi connectivity index (χ0n) is 12.8. The predicted molar refractivity (Wildman–Crippen MR) is 98.1 cm³/mol. The van der Waals surface area contributed by atoms with Gasteiger partial charge in [0.05, 0.1) is 18.2 Å². The third kappa shape index (κ3) is 2.37. The van der Waals surface area contributed by atoms with Crippen LogP contribution in [-0.2, 0) is 4.74 Å². The molecule has 0 saturated heterocycles. The van der Waals surface area contributed by atoms with Gasteiger partial charge in [-0.05, 0) is 40.2 Å². The van der Waals surface area contributed by atoms with E-state index in [0.717, 1.165) is 37.5 Å². The van der Waals surface area contributed by atoms with Crippen molar-refractivity contribution in [1.82, 2.24) is 9.97 Å². The summed E-state index contributed by atoms with van der Waals surface area (Å²) < 4.78 is 5.81. The fourth-order valence-corrected chi connectivity index (χ4v) is 3.29. The van der Waals surface area contributed by atoms with Crippen molar-refractivity contribution in [2.24, 2.45) is 0 Å². The summed E-state index contributed by atoms with van der Waals surface area (Å²) in [7, 11) is 1.39. The minimum absolute atomic E-state index is 0.342. The quantitative estimate of drug-likeness (QED) is 0.501. The van der Waals surface area contributed by atoms with E-state index in [9.17, 15) is 4.79 Å². The lowest BCUT2D eigenvalue weighted by atomic mass is 10.1. The van der Waals surface area contributed by atoms with Crippen molar-refractivity contribution >= 4 is 43.7 Å². The van der Waals surface area contributed by atoms with Gasteiger partial charge < -0.3 is 9.72 Å². The first-order valence-electron chi connectivity index (χ1n) is 7.42. The van der Waals surface area contributed by atoms with Gasteiger partial charge >= 0.3 is 5.97 Å². The Morgan fingerprint density at radius 2 is 2.00 bits per heavy atom. The van der Waals surface area contributed by atoms with E-state index in [0.29, 0.717) is 5.56 Å². The number of carbonyl (C=O) groups is 1. The number of H-pyrrole nitrogens is 1. The average molecular weight is 381 g/mol. The maximum absolute atomic E-state index is 12.0. The van der Waals surface area contributed by atoms with E-state index in [4.69, 9.17) is 4.74 Å². The van der Waals surface area contributed by atoms with Crippen molar-refractivity contribution in [2.45, 2.75) is 0 Å². The van der Waals surface area contributed by atoms with Crippen LogP contribution < -0.4 is 0 Å². The lowest BCUT2D eigenvalue weighted by Gasteiger charge is -2.04. The van der Waals surface area contributed by atoms with E-state index in [2.05, 4.69) is 25.9 Å². The first kappa shape index (κ1) is 14.9. The van der Waals surface area contributed by atoms with Crippen LogP contribution >= 0.6 is 15.9 Å². The first-order chi connectivity index (χ1) is 11.7. The molecule has 24 heavy (non-hydrogen) atoms. The van der Waals surface area contributed by atoms with Gasteiger partial charge in [-0.1, -0.05) is 24.3 Å². The SMILES string of the molecule is COC(=O)c1cccc2[nH]c(-c3cccc4cc(Br)cnc34)cc12. The van der Waals surface area contributed by atoms with Gasteiger partial charge in [0.1, 0.15) is 0 Å². The topological polar surface area (TPSA) is 55.0 Å².